The Morgan fingerprint density at radius 2 is 1.94 bits per heavy atom. The van der Waals surface area contributed by atoms with Crippen LogP contribution < -0.4 is 5.32 Å². The second-order valence-corrected chi connectivity index (χ2v) is 6.24. The molecule has 2 heteroatoms. The van der Waals surface area contributed by atoms with Gasteiger partial charge in [-0.1, -0.05) is 19.3 Å². The fraction of sp³-hybridized carbons (Fsp3) is 0.933. The molecule has 0 aliphatic heterocycles. The summed E-state index contributed by atoms with van der Waals surface area (Å²) < 4.78 is 0. The minimum atomic E-state index is -0.142. The average Bonchev–Trinajstić information content (AvgIpc) is 2.82. The molecular formula is C15H28N2. The highest BCUT2D eigenvalue weighted by Crippen LogP contribution is 2.27. The molecule has 98 valence electrons. The van der Waals surface area contributed by atoms with Crippen LogP contribution in [0.4, 0.5) is 0 Å². The minimum absolute atomic E-state index is 0.142. The number of nitrogens with one attached hydrogen (secondary N) is 1. The molecular weight excluding hydrogens is 208 g/mol. The second kappa shape index (κ2) is 7.01. The van der Waals surface area contributed by atoms with Crippen molar-refractivity contribution in [1.29, 1.82) is 5.26 Å². The van der Waals surface area contributed by atoms with E-state index in [-0.39, 0.29) is 5.41 Å². The zero-order chi connectivity index (χ0) is 12.7. The molecule has 0 spiro atoms. The standard InChI is InChI=1S/C15H28N2/c1-13(14-8-4-5-9-14)17-11-7-6-10-15(2,3)12-16/h13-14,17H,4-11H2,1-3H3/t13-/m1/s1. The van der Waals surface area contributed by atoms with Gasteiger partial charge in [0, 0.05) is 6.04 Å². The van der Waals surface area contributed by atoms with Gasteiger partial charge < -0.3 is 5.32 Å². The molecule has 17 heavy (non-hydrogen) atoms. The molecule has 1 saturated carbocycles. The lowest BCUT2D eigenvalue weighted by molar-refractivity contribution is 0.367. The van der Waals surface area contributed by atoms with Gasteiger partial charge in [0.05, 0.1) is 11.5 Å². The highest BCUT2D eigenvalue weighted by atomic mass is 14.9. The van der Waals surface area contributed by atoms with E-state index in [9.17, 15) is 0 Å². The van der Waals surface area contributed by atoms with E-state index in [2.05, 4.69) is 18.3 Å². The molecule has 0 radical (unpaired) electrons. The average molecular weight is 236 g/mol. The van der Waals surface area contributed by atoms with E-state index in [0.717, 1.165) is 25.3 Å². The summed E-state index contributed by atoms with van der Waals surface area (Å²) in [5.74, 6) is 0.908. The van der Waals surface area contributed by atoms with Crippen LogP contribution in [0.5, 0.6) is 0 Å². The van der Waals surface area contributed by atoms with Crippen molar-refractivity contribution in [3.63, 3.8) is 0 Å². The molecule has 0 amide bonds. The molecule has 1 atom stereocenters. The van der Waals surface area contributed by atoms with Crippen molar-refractivity contribution in [3.05, 3.63) is 0 Å². The summed E-state index contributed by atoms with van der Waals surface area (Å²) in [6, 6.07) is 3.05. The van der Waals surface area contributed by atoms with Crippen molar-refractivity contribution >= 4 is 0 Å². The van der Waals surface area contributed by atoms with Crippen LogP contribution in [-0.2, 0) is 0 Å². The number of hydrogen-bond donors (Lipinski definition) is 1. The van der Waals surface area contributed by atoms with Gasteiger partial charge in [-0.25, -0.2) is 0 Å². The molecule has 0 saturated heterocycles. The Kier molecular flexibility index (Phi) is 5.98. The summed E-state index contributed by atoms with van der Waals surface area (Å²) in [6.07, 6.45) is 9.04. The van der Waals surface area contributed by atoms with Gasteiger partial charge in [0.15, 0.2) is 0 Å². The molecule has 0 heterocycles. The van der Waals surface area contributed by atoms with E-state index in [4.69, 9.17) is 5.26 Å². The number of nitrogens with zero attached hydrogens (tertiary/aromatic N) is 1. The molecule has 0 aromatic heterocycles. The van der Waals surface area contributed by atoms with Gasteiger partial charge >= 0.3 is 0 Å². The summed E-state index contributed by atoms with van der Waals surface area (Å²) >= 11 is 0. The zero-order valence-corrected chi connectivity index (χ0v) is 11.8. The van der Waals surface area contributed by atoms with Gasteiger partial charge in [-0.15, -0.1) is 0 Å². The topological polar surface area (TPSA) is 35.8 Å². The normalized spacial score (nSPS) is 19.2. The fourth-order valence-electron chi connectivity index (χ4n) is 2.70. The van der Waals surface area contributed by atoms with E-state index in [1.54, 1.807) is 0 Å². The van der Waals surface area contributed by atoms with E-state index in [1.807, 2.05) is 13.8 Å². The first-order valence-corrected chi connectivity index (χ1v) is 7.20. The number of unbranched alkanes of at least 4 members (excludes halogenated alkanes) is 1. The molecule has 1 N–H and O–H groups in total. The molecule has 0 aromatic rings. The Balaban J connectivity index is 2.02. The van der Waals surface area contributed by atoms with Gasteiger partial charge in [0.2, 0.25) is 0 Å². The number of rotatable bonds is 7. The van der Waals surface area contributed by atoms with Gasteiger partial charge in [0.25, 0.3) is 0 Å². The van der Waals surface area contributed by atoms with E-state index in [1.165, 1.54) is 32.1 Å². The molecule has 0 bridgehead atoms. The lowest BCUT2D eigenvalue weighted by Gasteiger charge is -2.21. The first-order chi connectivity index (χ1) is 8.05. The molecule has 1 aliphatic rings. The fourth-order valence-corrected chi connectivity index (χ4v) is 2.70. The van der Waals surface area contributed by atoms with Gasteiger partial charge in [-0.2, -0.15) is 5.26 Å². The molecule has 1 aliphatic carbocycles. The van der Waals surface area contributed by atoms with Crippen molar-refractivity contribution in [1.82, 2.24) is 5.32 Å². The van der Waals surface area contributed by atoms with Gasteiger partial charge in [-0.3, -0.25) is 0 Å². The smallest absolute Gasteiger partial charge is 0.0683 e. The summed E-state index contributed by atoms with van der Waals surface area (Å²) in [5.41, 5.74) is -0.142. The Morgan fingerprint density at radius 1 is 1.29 bits per heavy atom. The predicted octanol–water partition coefficient (Wildman–Crippen LogP) is 3.87. The van der Waals surface area contributed by atoms with Crippen LogP contribution in [0.2, 0.25) is 0 Å². The summed E-state index contributed by atoms with van der Waals surface area (Å²) in [6.45, 7) is 7.50. The van der Waals surface area contributed by atoms with E-state index in [0.29, 0.717) is 6.04 Å². The highest BCUT2D eigenvalue weighted by molar-refractivity contribution is 4.91. The first kappa shape index (κ1) is 14.5. The van der Waals surface area contributed by atoms with E-state index >= 15 is 0 Å². The molecule has 1 fully saturated rings. The molecule has 0 aromatic carbocycles. The van der Waals surface area contributed by atoms with Crippen molar-refractivity contribution in [3.8, 4) is 6.07 Å². The highest BCUT2D eigenvalue weighted by Gasteiger charge is 2.20. The summed E-state index contributed by atoms with van der Waals surface area (Å²) in [4.78, 5) is 0. The largest absolute Gasteiger partial charge is 0.314 e. The van der Waals surface area contributed by atoms with Crippen LogP contribution in [0.15, 0.2) is 0 Å². The number of hydrogen-bond acceptors (Lipinski definition) is 2. The Labute approximate surface area is 107 Å². The number of nitriles is 1. The van der Waals surface area contributed by atoms with Crippen LogP contribution >= 0.6 is 0 Å². The third-order valence-corrected chi connectivity index (χ3v) is 4.10. The maximum atomic E-state index is 8.92. The Bertz CT molecular complexity index is 246. The van der Waals surface area contributed by atoms with Gasteiger partial charge in [-0.05, 0) is 58.9 Å². The molecule has 2 nitrogen and oxygen atoms in total. The van der Waals surface area contributed by atoms with Crippen molar-refractivity contribution in [2.45, 2.75) is 71.8 Å². The SMILES string of the molecule is C[C@@H](NCCCCC(C)(C)C#N)C1CCCC1. The lowest BCUT2D eigenvalue weighted by Crippen LogP contribution is -2.33. The van der Waals surface area contributed by atoms with Crippen LogP contribution in [0.1, 0.15) is 65.7 Å². The molecule has 1 rings (SSSR count). The van der Waals surface area contributed by atoms with Crippen LogP contribution in [0, 0.1) is 22.7 Å². The minimum Gasteiger partial charge on any atom is -0.314 e. The Hall–Kier alpha value is -0.550. The Morgan fingerprint density at radius 3 is 2.53 bits per heavy atom. The van der Waals surface area contributed by atoms with Crippen molar-refractivity contribution in [2.24, 2.45) is 11.3 Å². The lowest BCUT2D eigenvalue weighted by atomic mass is 9.89. The maximum Gasteiger partial charge on any atom is 0.0683 e. The van der Waals surface area contributed by atoms with Crippen LogP contribution in [-0.4, -0.2) is 12.6 Å². The predicted molar refractivity (Wildman–Crippen MR) is 72.7 cm³/mol. The third-order valence-electron chi connectivity index (χ3n) is 4.10. The quantitative estimate of drug-likeness (QED) is 0.681. The van der Waals surface area contributed by atoms with Gasteiger partial charge in [0.1, 0.15) is 0 Å². The summed E-state index contributed by atoms with van der Waals surface area (Å²) in [7, 11) is 0. The monoisotopic (exact) mass is 236 g/mol. The second-order valence-electron chi connectivity index (χ2n) is 6.24. The summed E-state index contributed by atoms with van der Waals surface area (Å²) in [5, 5.41) is 12.6. The van der Waals surface area contributed by atoms with Crippen LogP contribution in [0.25, 0.3) is 0 Å². The van der Waals surface area contributed by atoms with Crippen molar-refractivity contribution < 1.29 is 0 Å². The first-order valence-electron chi connectivity index (χ1n) is 7.20. The third kappa shape index (κ3) is 5.55. The molecule has 0 unspecified atom stereocenters. The zero-order valence-electron chi connectivity index (χ0n) is 11.8. The van der Waals surface area contributed by atoms with E-state index < -0.39 is 0 Å². The maximum absolute atomic E-state index is 8.92. The van der Waals surface area contributed by atoms with Crippen LogP contribution in [0.3, 0.4) is 0 Å². The van der Waals surface area contributed by atoms with Crippen molar-refractivity contribution in [2.75, 3.05) is 6.54 Å².